The first kappa shape index (κ1) is 22.9. The fourth-order valence-corrected chi connectivity index (χ4v) is 3.13. The minimum atomic E-state index is -4.39. The molecular weight excluding hydrogens is 387 g/mol. The lowest BCUT2D eigenvalue weighted by molar-refractivity contribution is -0.140. The molecule has 1 heterocycles. The van der Waals surface area contributed by atoms with Crippen molar-refractivity contribution in [2.75, 3.05) is 6.61 Å². The number of carboxylic acids is 1. The summed E-state index contributed by atoms with van der Waals surface area (Å²) in [5, 5.41) is 22.0. The number of nitrogens with zero attached hydrogens (tertiary/aromatic N) is 2. The molecule has 0 amide bonds. The number of halogens is 3. The summed E-state index contributed by atoms with van der Waals surface area (Å²) in [7, 11) is 0. The molecule has 6 nitrogen and oxygen atoms in total. The Morgan fingerprint density at radius 2 is 1.90 bits per heavy atom. The predicted molar refractivity (Wildman–Crippen MR) is 101 cm³/mol. The molecule has 2 atom stereocenters. The highest BCUT2D eigenvalue weighted by molar-refractivity contribution is 5.73. The van der Waals surface area contributed by atoms with Crippen LogP contribution < -0.4 is 5.32 Å². The van der Waals surface area contributed by atoms with E-state index in [1.165, 1.54) is 24.7 Å². The molecule has 0 bridgehead atoms. The van der Waals surface area contributed by atoms with Crippen LogP contribution in [-0.2, 0) is 23.9 Å². The predicted octanol–water partition coefficient (Wildman–Crippen LogP) is 2.94. The average Bonchev–Trinajstić information content (AvgIpc) is 3.06. The SMILES string of the molecule is CC(C)CC(CO)N[C@@H](Cc1cncn1Cc1ccc(C(F)(F)F)cc1)C(=O)O. The van der Waals surface area contributed by atoms with Crippen LogP contribution in [0.5, 0.6) is 0 Å². The number of hydrogen-bond donors (Lipinski definition) is 3. The lowest BCUT2D eigenvalue weighted by Gasteiger charge is -2.23. The largest absolute Gasteiger partial charge is 0.480 e. The maximum atomic E-state index is 12.7. The van der Waals surface area contributed by atoms with Crippen LogP contribution in [0.25, 0.3) is 0 Å². The van der Waals surface area contributed by atoms with Gasteiger partial charge in [0.15, 0.2) is 0 Å². The molecule has 0 aliphatic heterocycles. The minimum Gasteiger partial charge on any atom is -0.480 e. The maximum Gasteiger partial charge on any atom is 0.416 e. The third-order valence-corrected chi connectivity index (χ3v) is 4.56. The molecule has 2 rings (SSSR count). The van der Waals surface area contributed by atoms with E-state index in [9.17, 15) is 28.2 Å². The van der Waals surface area contributed by atoms with E-state index in [2.05, 4.69) is 10.3 Å². The summed E-state index contributed by atoms with van der Waals surface area (Å²) < 4.78 is 39.8. The fourth-order valence-electron chi connectivity index (χ4n) is 3.13. The lowest BCUT2D eigenvalue weighted by Crippen LogP contribution is -2.47. The number of aliphatic carboxylic acids is 1. The Morgan fingerprint density at radius 3 is 2.41 bits per heavy atom. The van der Waals surface area contributed by atoms with Crippen molar-refractivity contribution in [3.63, 3.8) is 0 Å². The van der Waals surface area contributed by atoms with E-state index in [0.29, 0.717) is 23.6 Å². The second-order valence-electron chi connectivity index (χ2n) is 7.48. The van der Waals surface area contributed by atoms with E-state index in [4.69, 9.17) is 0 Å². The van der Waals surface area contributed by atoms with Gasteiger partial charge in [-0.1, -0.05) is 26.0 Å². The number of aliphatic hydroxyl groups excluding tert-OH is 1. The van der Waals surface area contributed by atoms with Gasteiger partial charge in [0.25, 0.3) is 0 Å². The topological polar surface area (TPSA) is 87.4 Å². The Hall–Kier alpha value is -2.39. The first-order chi connectivity index (χ1) is 13.6. The van der Waals surface area contributed by atoms with Gasteiger partial charge in [0, 0.05) is 30.9 Å². The number of alkyl halides is 3. The number of nitrogens with one attached hydrogen (secondary N) is 1. The van der Waals surface area contributed by atoms with Gasteiger partial charge in [0.05, 0.1) is 18.5 Å². The Bertz CT molecular complexity index is 788. The molecule has 0 radical (unpaired) electrons. The van der Waals surface area contributed by atoms with E-state index in [1.54, 1.807) is 4.57 Å². The number of rotatable bonds is 10. The zero-order valence-corrected chi connectivity index (χ0v) is 16.4. The number of aromatic nitrogens is 2. The molecular formula is C20H26F3N3O3. The molecule has 29 heavy (non-hydrogen) atoms. The first-order valence-electron chi connectivity index (χ1n) is 9.35. The monoisotopic (exact) mass is 413 g/mol. The minimum absolute atomic E-state index is 0.130. The van der Waals surface area contributed by atoms with Crippen molar-refractivity contribution in [3.8, 4) is 0 Å². The van der Waals surface area contributed by atoms with Crippen LogP contribution in [-0.4, -0.2) is 44.4 Å². The Kier molecular flexibility index (Phi) is 7.80. The van der Waals surface area contributed by atoms with Gasteiger partial charge in [-0.25, -0.2) is 4.98 Å². The quantitative estimate of drug-likeness (QED) is 0.558. The summed E-state index contributed by atoms with van der Waals surface area (Å²) in [6.45, 7) is 4.07. The van der Waals surface area contributed by atoms with Gasteiger partial charge in [0.1, 0.15) is 6.04 Å². The lowest BCUT2D eigenvalue weighted by atomic mass is 10.0. The van der Waals surface area contributed by atoms with E-state index < -0.39 is 23.8 Å². The molecule has 160 valence electrons. The number of benzene rings is 1. The molecule has 1 aromatic heterocycles. The highest BCUT2D eigenvalue weighted by Gasteiger charge is 2.30. The zero-order valence-electron chi connectivity index (χ0n) is 16.4. The molecule has 0 aliphatic carbocycles. The second kappa shape index (κ2) is 9.89. The van der Waals surface area contributed by atoms with Gasteiger partial charge in [-0.3, -0.25) is 10.1 Å². The van der Waals surface area contributed by atoms with Crippen LogP contribution in [0, 0.1) is 5.92 Å². The number of imidazole rings is 1. The Labute approximate surface area is 167 Å². The molecule has 0 spiro atoms. The summed E-state index contributed by atoms with van der Waals surface area (Å²) in [4.78, 5) is 15.7. The van der Waals surface area contributed by atoms with E-state index in [-0.39, 0.29) is 25.6 Å². The van der Waals surface area contributed by atoms with Crippen molar-refractivity contribution in [2.45, 2.75) is 51.5 Å². The van der Waals surface area contributed by atoms with Crippen molar-refractivity contribution >= 4 is 5.97 Å². The summed E-state index contributed by atoms with van der Waals surface area (Å²) >= 11 is 0. The van der Waals surface area contributed by atoms with Gasteiger partial charge < -0.3 is 14.8 Å². The van der Waals surface area contributed by atoms with Crippen molar-refractivity contribution in [2.24, 2.45) is 5.92 Å². The molecule has 0 saturated heterocycles. The zero-order chi connectivity index (χ0) is 21.6. The Morgan fingerprint density at radius 1 is 1.24 bits per heavy atom. The van der Waals surface area contributed by atoms with Crippen LogP contribution in [0.3, 0.4) is 0 Å². The molecule has 9 heteroatoms. The second-order valence-corrected chi connectivity index (χ2v) is 7.48. The molecule has 1 aromatic carbocycles. The van der Waals surface area contributed by atoms with Crippen LogP contribution in [0.2, 0.25) is 0 Å². The summed E-state index contributed by atoms with van der Waals surface area (Å²) in [6.07, 6.45) is -0.574. The highest BCUT2D eigenvalue weighted by atomic mass is 19.4. The number of hydrogen-bond acceptors (Lipinski definition) is 4. The first-order valence-corrected chi connectivity index (χ1v) is 9.35. The van der Waals surface area contributed by atoms with E-state index in [1.807, 2.05) is 13.8 Å². The molecule has 0 aliphatic rings. The summed E-state index contributed by atoms with van der Waals surface area (Å²) in [5.74, 6) is -0.756. The van der Waals surface area contributed by atoms with Crippen LogP contribution in [0.1, 0.15) is 37.1 Å². The van der Waals surface area contributed by atoms with Crippen LogP contribution in [0.15, 0.2) is 36.8 Å². The molecule has 2 aromatic rings. The Balaban J connectivity index is 2.10. The van der Waals surface area contributed by atoms with Gasteiger partial charge in [-0.05, 0) is 30.0 Å². The normalized spacial score (nSPS) is 14.2. The highest BCUT2D eigenvalue weighted by Crippen LogP contribution is 2.29. The summed E-state index contributed by atoms with van der Waals surface area (Å²) in [6, 6.07) is 3.56. The molecule has 0 fully saturated rings. The van der Waals surface area contributed by atoms with Crippen LogP contribution >= 0.6 is 0 Å². The van der Waals surface area contributed by atoms with E-state index >= 15 is 0 Å². The molecule has 1 unspecified atom stereocenters. The fraction of sp³-hybridized carbons (Fsp3) is 0.500. The maximum absolute atomic E-state index is 12.7. The van der Waals surface area contributed by atoms with Crippen molar-refractivity contribution in [1.29, 1.82) is 0 Å². The van der Waals surface area contributed by atoms with Crippen molar-refractivity contribution < 1.29 is 28.2 Å². The molecule has 3 N–H and O–H groups in total. The van der Waals surface area contributed by atoms with Gasteiger partial charge >= 0.3 is 12.1 Å². The summed E-state index contributed by atoms with van der Waals surface area (Å²) in [5.41, 5.74) is 0.554. The van der Waals surface area contributed by atoms with Crippen LogP contribution in [0.4, 0.5) is 13.2 Å². The molecule has 0 saturated carbocycles. The average molecular weight is 413 g/mol. The van der Waals surface area contributed by atoms with Gasteiger partial charge in [0.2, 0.25) is 0 Å². The standard InChI is InChI=1S/C20H26F3N3O3/c1-13(2)7-16(11-27)25-18(19(28)29)8-17-9-24-12-26(17)10-14-3-5-15(6-4-14)20(21,22)23/h3-6,9,12-13,16,18,25,27H,7-8,10-11H2,1-2H3,(H,28,29)/t16?,18-/m0/s1. The van der Waals surface area contributed by atoms with Gasteiger partial charge in [-0.15, -0.1) is 0 Å². The number of carboxylic acid groups (broad SMARTS) is 1. The number of carbonyl (C=O) groups is 1. The van der Waals surface area contributed by atoms with E-state index in [0.717, 1.165) is 12.1 Å². The smallest absolute Gasteiger partial charge is 0.416 e. The van der Waals surface area contributed by atoms with Crippen molar-refractivity contribution in [3.05, 3.63) is 53.6 Å². The van der Waals surface area contributed by atoms with Crippen molar-refractivity contribution in [1.82, 2.24) is 14.9 Å². The number of aliphatic hydroxyl groups is 1. The third kappa shape index (κ3) is 6.86. The third-order valence-electron chi connectivity index (χ3n) is 4.56. The van der Waals surface area contributed by atoms with Gasteiger partial charge in [-0.2, -0.15) is 13.2 Å².